The molecule has 2 atom stereocenters. The fourth-order valence-corrected chi connectivity index (χ4v) is 1.80. The SMILES string of the molecule is CC1CN(C(=O)CNCC(F)(F)F)CC(C)O1. The minimum Gasteiger partial charge on any atom is -0.372 e. The van der Waals surface area contributed by atoms with Crippen LogP contribution in [-0.4, -0.2) is 55.4 Å². The van der Waals surface area contributed by atoms with Crippen LogP contribution < -0.4 is 5.32 Å². The number of rotatable bonds is 3. The van der Waals surface area contributed by atoms with Gasteiger partial charge >= 0.3 is 6.18 Å². The van der Waals surface area contributed by atoms with E-state index in [2.05, 4.69) is 5.32 Å². The van der Waals surface area contributed by atoms with Crippen molar-refractivity contribution in [1.82, 2.24) is 10.2 Å². The van der Waals surface area contributed by atoms with Crippen LogP contribution in [0.4, 0.5) is 13.2 Å². The molecule has 7 heteroatoms. The highest BCUT2D eigenvalue weighted by Crippen LogP contribution is 2.13. The van der Waals surface area contributed by atoms with Crippen molar-refractivity contribution in [2.75, 3.05) is 26.2 Å². The molecule has 0 saturated carbocycles. The average molecular weight is 254 g/mol. The van der Waals surface area contributed by atoms with Gasteiger partial charge in [0.05, 0.1) is 25.3 Å². The number of nitrogens with one attached hydrogen (secondary N) is 1. The van der Waals surface area contributed by atoms with Crippen LogP contribution in [0.25, 0.3) is 0 Å². The first-order valence-corrected chi connectivity index (χ1v) is 5.48. The van der Waals surface area contributed by atoms with Crippen LogP contribution in [0, 0.1) is 0 Å². The van der Waals surface area contributed by atoms with Crippen LogP contribution in [0.15, 0.2) is 0 Å². The maximum Gasteiger partial charge on any atom is 0.401 e. The van der Waals surface area contributed by atoms with Crippen molar-refractivity contribution in [3.05, 3.63) is 0 Å². The number of amides is 1. The standard InChI is InChI=1S/C10H17F3N2O2/c1-7-4-15(5-8(2)17-7)9(16)3-14-6-10(11,12)13/h7-8,14H,3-6H2,1-2H3. The second-order valence-electron chi connectivity index (χ2n) is 4.27. The van der Waals surface area contributed by atoms with Gasteiger partial charge in [-0.15, -0.1) is 0 Å². The Morgan fingerprint density at radius 1 is 1.35 bits per heavy atom. The zero-order valence-corrected chi connectivity index (χ0v) is 9.88. The number of hydrogen-bond donors (Lipinski definition) is 1. The van der Waals surface area contributed by atoms with Crippen molar-refractivity contribution in [3.8, 4) is 0 Å². The molecule has 17 heavy (non-hydrogen) atoms. The molecule has 0 spiro atoms. The Balaban J connectivity index is 2.32. The van der Waals surface area contributed by atoms with Crippen molar-refractivity contribution >= 4 is 5.91 Å². The third-order valence-electron chi connectivity index (χ3n) is 2.37. The number of carbonyl (C=O) groups excluding carboxylic acids is 1. The number of alkyl halides is 3. The van der Waals surface area contributed by atoms with Crippen molar-refractivity contribution in [2.24, 2.45) is 0 Å². The first-order valence-electron chi connectivity index (χ1n) is 5.48. The number of hydrogen-bond acceptors (Lipinski definition) is 3. The molecule has 1 fully saturated rings. The predicted molar refractivity (Wildman–Crippen MR) is 55.5 cm³/mol. The molecule has 0 bridgehead atoms. The van der Waals surface area contributed by atoms with Crippen LogP contribution in [0.3, 0.4) is 0 Å². The molecule has 1 aliphatic rings. The topological polar surface area (TPSA) is 41.6 Å². The Bertz CT molecular complexity index is 261. The van der Waals surface area contributed by atoms with Crippen LogP contribution in [0.1, 0.15) is 13.8 Å². The molecule has 1 N–H and O–H groups in total. The first kappa shape index (κ1) is 14.2. The summed E-state index contributed by atoms with van der Waals surface area (Å²) < 4.78 is 41.0. The summed E-state index contributed by atoms with van der Waals surface area (Å²) in [4.78, 5) is 13.1. The molecule has 0 radical (unpaired) electrons. The highest BCUT2D eigenvalue weighted by atomic mass is 19.4. The number of carbonyl (C=O) groups is 1. The summed E-state index contributed by atoms with van der Waals surface area (Å²) in [6.45, 7) is 3.08. The molecular formula is C10H17F3N2O2. The molecule has 0 aliphatic carbocycles. The van der Waals surface area contributed by atoms with E-state index in [0.29, 0.717) is 13.1 Å². The van der Waals surface area contributed by atoms with Gasteiger partial charge < -0.3 is 15.0 Å². The van der Waals surface area contributed by atoms with Gasteiger partial charge in [-0.1, -0.05) is 0 Å². The second kappa shape index (κ2) is 5.68. The monoisotopic (exact) mass is 254 g/mol. The van der Waals surface area contributed by atoms with Crippen molar-refractivity contribution in [2.45, 2.75) is 32.2 Å². The Morgan fingerprint density at radius 3 is 2.35 bits per heavy atom. The molecule has 0 aromatic rings. The molecule has 2 unspecified atom stereocenters. The minimum absolute atomic E-state index is 0.0784. The molecule has 0 aromatic heterocycles. The Labute approximate surface area is 98.1 Å². The lowest BCUT2D eigenvalue weighted by molar-refractivity contribution is -0.144. The van der Waals surface area contributed by atoms with Crippen LogP contribution in [-0.2, 0) is 9.53 Å². The van der Waals surface area contributed by atoms with Gasteiger partial charge in [-0.25, -0.2) is 0 Å². The fourth-order valence-electron chi connectivity index (χ4n) is 1.80. The Kier molecular flexibility index (Phi) is 4.76. The molecule has 1 aliphatic heterocycles. The summed E-state index contributed by atoms with van der Waals surface area (Å²) >= 11 is 0. The zero-order chi connectivity index (χ0) is 13.1. The summed E-state index contributed by atoms with van der Waals surface area (Å²) in [5, 5.41) is 2.10. The molecule has 1 rings (SSSR count). The minimum atomic E-state index is -4.29. The molecule has 1 heterocycles. The summed E-state index contributed by atoms with van der Waals surface area (Å²) in [6.07, 6.45) is -4.44. The molecular weight excluding hydrogens is 237 g/mol. The molecule has 1 saturated heterocycles. The highest BCUT2D eigenvalue weighted by molar-refractivity contribution is 5.78. The normalized spacial score (nSPS) is 26.1. The number of halogens is 3. The van der Waals surface area contributed by atoms with Crippen molar-refractivity contribution in [3.63, 3.8) is 0 Å². The molecule has 0 aromatic carbocycles. The van der Waals surface area contributed by atoms with E-state index in [1.165, 1.54) is 4.90 Å². The van der Waals surface area contributed by atoms with E-state index in [-0.39, 0.29) is 24.7 Å². The largest absolute Gasteiger partial charge is 0.401 e. The number of ether oxygens (including phenoxy) is 1. The third-order valence-corrected chi connectivity index (χ3v) is 2.37. The quantitative estimate of drug-likeness (QED) is 0.809. The predicted octanol–water partition coefficient (Wildman–Crippen LogP) is 0.774. The molecule has 1 amide bonds. The second-order valence-corrected chi connectivity index (χ2v) is 4.27. The lowest BCUT2D eigenvalue weighted by Crippen LogP contribution is -2.51. The zero-order valence-electron chi connectivity index (χ0n) is 9.88. The van der Waals surface area contributed by atoms with E-state index in [1.54, 1.807) is 0 Å². The third kappa shape index (κ3) is 5.36. The van der Waals surface area contributed by atoms with E-state index in [1.807, 2.05) is 13.8 Å². The van der Waals surface area contributed by atoms with Crippen LogP contribution in [0.5, 0.6) is 0 Å². The van der Waals surface area contributed by atoms with E-state index >= 15 is 0 Å². The van der Waals surface area contributed by atoms with E-state index < -0.39 is 12.7 Å². The first-order chi connectivity index (χ1) is 7.78. The maximum absolute atomic E-state index is 11.9. The van der Waals surface area contributed by atoms with Gasteiger partial charge in [0, 0.05) is 13.1 Å². The summed E-state index contributed by atoms with van der Waals surface area (Å²) in [6, 6.07) is 0. The number of morpholine rings is 1. The van der Waals surface area contributed by atoms with Crippen LogP contribution >= 0.6 is 0 Å². The van der Waals surface area contributed by atoms with Crippen molar-refractivity contribution in [1.29, 1.82) is 0 Å². The summed E-state index contributed by atoms with van der Waals surface area (Å²) in [7, 11) is 0. The Hall–Kier alpha value is -0.820. The van der Waals surface area contributed by atoms with Gasteiger partial charge in [-0.2, -0.15) is 13.2 Å². The summed E-state index contributed by atoms with van der Waals surface area (Å²) in [5.41, 5.74) is 0. The van der Waals surface area contributed by atoms with Gasteiger partial charge in [-0.05, 0) is 13.8 Å². The Morgan fingerprint density at radius 2 is 1.88 bits per heavy atom. The van der Waals surface area contributed by atoms with E-state index in [0.717, 1.165) is 0 Å². The lowest BCUT2D eigenvalue weighted by Gasteiger charge is -2.35. The van der Waals surface area contributed by atoms with Gasteiger partial charge in [0.2, 0.25) is 5.91 Å². The smallest absolute Gasteiger partial charge is 0.372 e. The van der Waals surface area contributed by atoms with Gasteiger partial charge in [0.1, 0.15) is 0 Å². The van der Waals surface area contributed by atoms with Gasteiger partial charge in [0.25, 0.3) is 0 Å². The van der Waals surface area contributed by atoms with E-state index in [9.17, 15) is 18.0 Å². The van der Waals surface area contributed by atoms with Crippen molar-refractivity contribution < 1.29 is 22.7 Å². The highest BCUT2D eigenvalue weighted by Gasteiger charge is 2.28. The van der Waals surface area contributed by atoms with Crippen LogP contribution in [0.2, 0.25) is 0 Å². The molecule has 100 valence electrons. The average Bonchev–Trinajstić information content (AvgIpc) is 2.13. The maximum atomic E-state index is 11.9. The van der Waals surface area contributed by atoms with Gasteiger partial charge in [-0.3, -0.25) is 4.79 Å². The fraction of sp³-hybridized carbons (Fsp3) is 0.900. The lowest BCUT2D eigenvalue weighted by atomic mass is 10.2. The number of nitrogens with zero attached hydrogens (tertiary/aromatic N) is 1. The van der Waals surface area contributed by atoms with E-state index in [4.69, 9.17) is 4.74 Å². The molecule has 4 nitrogen and oxygen atoms in total. The summed E-state index contributed by atoms with van der Waals surface area (Å²) in [5.74, 6) is -0.323. The van der Waals surface area contributed by atoms with Gasteiger partial charge in [0.15, 0.2) is 0 Å².